The Balaban J connectivity index is 1.26. The Morgan fingerprint density at radius 1 is 1.12 bits per heavy atom. The first kappa shape index (κ1) is 25.7. The number of hydrogen-bond donors (Lipinski definition) is 3. The number of aromatic nitrogens is 5. The highest BCUT2D eigenvalue weighted by atomic mass is 19.4. The van der Waals surface area contributed by atoms with Crippen LogP contribution in [0.3, 0.4) is 0 Å². The van der Waals surface area contributed by atoms with Crippen molar-refractivity contribution in [3.8, 4) is 16.9 Å². The van der Waals surface area contributed by atoms with E-state index in [0.29, 0.717) is 40.3 Å². The molecule has 2 aliphatic carbocycles. The number of nitrogens with zero attached hydrogens (tertiary/aromatic N) is 5. The van der Waals surface area contributed by atoms with Crippen molar-refractivity contribution in [2.45, 2.75) is 55.1 Å². The van der Waals surface area contributed by atoms with Crippen LogP contribution in [0.25, 0.3) is 16.9 Å². The topological polar surface area (TPSA) is 141 Å². The number of aliphatic hydroxyl groups is 1. The maximum Gasteiger partial charge on any atom is 0.417 e. The predicted octanol–water partition coefficient (Wildman–Crippen LogP) is 3.35. The molecule has 3 aliphatic rings. The molecule has 3 aromatic heterocycles. The Morgan fingerprint density at radius 3 is 2.51 bits per heavy atom. The first-order valence-electron chi connectivity index (χ1n) is 12.5. The van der Waals surface area contributed by atoms with Gasteiger partial charge in [0.1, 0.15) is 11.6 Å². The minimum Gasteiger partial charge on any atom is -0.434 e. The average molecular weight is 573 g/mol. The van der Waals surface area contributed by atoms with Crippen molar-refractivity contribution < 1.29 is 36.6 Å². The molecule has 1 aliphatic heterocycles. The van der Waals surface area contributed by atoms with Gasteiger partial charge in [0.15, 0.2) is 5.60 Å². The maximum atomic E-state index is 13.2. The molecule has 4 heterocycles. The number of fused-ring (bicyclic) bond motifs is 9. The fourth-order valence-corrected chi connectivity index (χ4v) is 6.18. The van der Waals surface area contributed by atoms with Crippen LogP contribution in [0.1, 0.15) is 64.4 Å². The van der Waals surface area contributed by atoms with Crippen LogP contribution >= 0.6 is 0 Å². The monoisotopic (exact) mass is 573 g/mol. The second-order valence-electron chi connectivity index (χ2n) is 10.6. The summed E-state index contributed by atoms with van der Waals surface area (Å²) < 4.78 is 72.2. The Kier molecular flexibility index (Phi) is 5.26. The van der Waals surface area contributed by atoms with Gasteiger partial charge in [-0.3, -0.25) is 9.20 Å². The first-order valence-corrected chi connectivity index (χ1v) is 12.5. The Labute approximate surface area is 227 Å². The minimum atomic E-state index is -4.81. The van der Waals surface area contributed by atoms with E-state index in [2.05, 4.69) is 25.3 Å². The average Bonchev–Trinajstić information content (AvgIpc) is 3.39. The van der Waals surface area contributed by atoms with Crippen molar-refractivity contribution >= 4 is 11.7 Å². The summed E-state index contributed by atoms with van der Waals surface area (Å²) in [7, 11) is 0. The number of amides is 1. The van der Waals surface area contributed by atoms with Crippen molar-refractivity contribution in [3.05, 3.63) is 71.3 Å². The van der Waals surface area contributed by atoms with Crippen LogP contribution in [0.15, 0.2) is 43.0 Å². The summed E-state index contributed by atoms with van der Waals surface area (Å²) in [5, 5.41) is 12.7. The normalized spacial score (nSPS) is 26.8. The van der Waals surface area contributed by atoms with Crippen LogP contribution in [0.2, 0.25) is 0 Å². The smallest absolute Gasteiger partial charge is 0.417 e. The molecule has 4 N–H and O–H groups in total. The van der Waals surface area contributed by atoms with E-state index in [-0.39, 0.29) is 17.1 Å². The van der Waals surface area contributed by atoms with Gasteiger partial charge in [-0.2, -0.15) is 22.0 Å². The number of carbonyl (C=O) groups excluding carboxylic acids is 1. The van der Waals surface area contributed by atoms with Crippen molar-refractivity contribution in [2.75, 3.05) is 0 Å². The number of imidazole rings is 1. The van der Waals surface area contributed by atoms with Crippen molar-refractivity contribution in [1.29, 1.82) is 0 Å². The SMILES string of the molecule is NC1(c2ncc(-c3cnc4nc5c(n4c3)C3CC5NC(=O)c4cccc(OC(F)F)c43)cn2)CC(O)(C(F)(F)F)C1. The molecule has 4 aromatic rings. The maximum absolute atomic E-state index is 13.2. The highest BCUT2D eigenvalue weighted by molar-refractivity contribution is 5.98. The predicted molar refractivity (Wildman–Crippen MR) is 130 cm³/mol. The van der Waals surface area contributed by atoms with E-state index in [9.17, 15) is 31.9 Å². The van der Waals surface area contributed by atoms with Gasteiger partial charge >= 0.3 is 12.8 Å². The third kappa shape index (κ3) is 3.79. The lowest BCUT2D eigenvalue weighted by molar-refractivity contribution is -0.304. The van der Waals surface area contributed by atoms with E-state index in [1.54, 1.807) is 16.7 Å². The minimum absolute atomic E-state index is 0.0308. The number of hydrogen-bond acceptors (Lipinski definition) is 8. The van der Waals surface area contributed by atoms with E-state index in [0.717, 1.165) is 0 Å². The Hall–Kier alpha value is -4.24. The third-order valence-corrected chi connectivity index (χ3v) is 8.03. The molecule has 41 heavy (non-hydrogen) atoms. The van der Waals surface area contributed by atoms with Crippen LogP contribution in [-0.2, 0) is 5.54 Å². The third-order valence-electron chi connectivity index (χ3n) is 8.03. The second kappa shape index (κ2) is 8.39. The van der Waals surface area contributed by atoms with Crippen LogP contribution in [0.4, 0.5) is 22.0 Å². The molecular formula is C26H20F5N7O3. The van der Waals surface area contributed by atoms with E-state index in [4.69, 9.17) is 10.5 Å². The summed E-state index contributed by atoms with van der Waals surface area (Å²) in [6.45, 7) is -3.09. The molecule has 2 unspecified atom stereocenters. The summed E-state index contributed by atoms with van der Waals surface area (Å²) in [5.74, 6) is -0.737. The van der Waals surface area contributed by atoms with Crippen molar-refractivity contribution in [2.24, 2.45) is 5.73 Å². The molecule has 1 saturated carbocycles. The number of nitrogens with two attached hydrogens (primary N) is 1. The molecule has 0 spiro atoms. The summed E-state index contributed by atoms with van der Waals surface area (Å²) in [6, 6.07) is 3.95. The van der Waals surface area contributed by atoms with Crippen molar-refractivity contribution in [1.82, 2.24) is 29.7 Å². The lowest BCUT2D eigenvalue weighted by Gasteiger charge is -2.50. The number of carbonyl (C=O) groups is 1. The molecule has 1 fully saturated rings. The van der Waals surface area contributed by atoms with Crippen LogP contribution in [-0.4, -0.2) is 53.7 Å². The summed E-state index contributed by atoms with van der Waals surface area (Å²) >= 11 is 0. The molecule has 15 heteroatoms. The molecular weight excluding hydrogens is 553 g/mol. The number of benzene rings is 1. The molecule has 1 aromatic carbocycles. The van der Waals surface area contributed by atoms with E-state index in [1.165, 1.54) is 30.7 Å². The molecule has 0 saturated heterocycles. The van der Waals surface area contributed by atoms with Gasteiger partial charge in [-0.25, -0.2) is 19.9 Å². The summed E-state index contributed by atoms with van der Waals surface area (Å²) in [5.41, 5.74) is 4.46. The van der Waals surface area contributed by atoms with E-state index in [1.807, 2.05) is 0 Å². The van der Waals surface area contributed by atoms with Crippen LogP contribution in [0, 0.1) is 0 Å². The summed E-state index contributed by atoms with van der Waals surface area (Å²) in [4.78, 5) is 30.3. The number of ether oxygens (including phenoxy) is 1. The number of nitrogens with one attached hydrogen (secondary N) is 1. The molecule has 2 bridgehead atoms. The summed E-state index contributed by atoms with van der Waals surface area (Å²) in [6.07, 6.45) is 0.0886. The van der Waals surface area contributed by atoms with Gasteiger partial charge in [-0.15, -0.1) is 0 Å². The van der Waals surface area contributed by atoms with Gasteiger partial charge in [0.05, 0.1) is 23.0 Å². The van der Waals surface area contributed by atoms with Gasteiger partial charge in [0, 0.05) is 65.8 Å². The van der Waals surface area contributed by atoms with E-state index < -0.39 is 54.6 Å². The van der Waals surface area contributed by atoms with Gasteiger partial charge < -0.3 is 20.9 Å². The van der Waals surface area contributed by atoms with Crippen LogP contribution < -0.4 is 15.8 Å². The Bertz CT molecular complexity index is 1720. The lowest BCUT2D eigenvalue weighted by atomic mass is 9.64. The fraction of sp³-hybridized carbons (Fsp3) is 0.346. The molecule has 7 rings (SSSR count). The number of halogens is 5. The zero-order chi connectivity index (χ0) is 28.9. The standard InChI is InChI=1S/C26H20F5N7O3/c27-22(28)41-16-3-1-2-13-17(16)14-4-15(36-20(13)39)18-19(14)38-8-12(7-35-23(38)37-18)11-5-33-21(34-6-11)24(32)9-25(40,10-24)26(29,30)31/h1-3,5-8,14-15,22,40H,4,9-10,32H2,(H,36,39). The molecule has 2 atom stereocenters. The lowest BCUT2D eigenvalue weighted by Crippen LogP contribution is -2.66. The Morgan fingerprint density at radius 2 is 1.83 bits per heavy atom. The first-order chi connectivity index (χ1) is 19.4. The highest BCUT2D eigenvalue weighted by Crippen LogP contribution is 2.53. The highest BCUT2D eigenvalue weighted by Gasteiger charge is 2.67. The second-order valence-corrected chi connectivity index (χ2v) is 10.6. The van der Waals surface area contributed by atoms with Gasteiger partial charge in [0.2, 0.25) is 5.78 Å². The van der Waals surface area contributed by atoms with Gasteiger partial charge in [0.25, 0.3) is 5.91 Å². The molecule has 212 valence electrons. The fourth-order valence-electron chi connectivity index (χ4n) is 6.18. The molecule has 10 nitrogen and oxygen atoms in total. The quantitative estimate of drug-likeness (QED) is 0.316. The number of rotatable bonds is 4. The molecule has 1 amide bonds. The number of alkyl halides is 5. The molecule has 0 radical (unpaired) electrons. The zero-order valence-electron chi connectivity index (χ0n) is 20.9. The van der Waals surface area contributed by atoms with Gasteiger partial charge in [-0.05, 0) is 18.6 Å². The zero-order valence-corrected chi connectivity index (χ0v) is 20.9. The van der Waals surface area contributed by atoms with Crippen molar-refractivity contribution in [3.63, 3.8) is 0 Å². The van der Waals surface area contributed by atoms with E-state index >= 15 is 0 Å². The van der Waals surface area contributed by atoms with Crippen LogP contribution in [0.5, 0.6) is 5.75 Å². The van der Waals surface area contributed by atoms with Gasteiger partial charge in [-0.1, -0.05) is 6.07 Å². The largest absolute Gasteiger partial charge is 0.434 e.